The third-order valence-electron chi connectivity index (χ3n) is 6.44. The molecular weight excluding hydrogens is 399 g/mol. The summed E-state index contributed by atoms with van der Waals surface area (Å²) < 4.78 is 38.1. The van der Waals surface area contributed by atoms with E-state index in [1.807, 2.05) is 0 Å². The van der Waals surface area contributed by atoms with Crippen molar-refractivity contribution in [2.24, 2.45) is 11.8 Å². The van der Waals surface area contributed by atoms with Crippen LogP contribution in [0.4, 0.5) is 18.0 Å². The average Bonchev–Trinajstić information content (AvgIpc) is 3.24. The van der Waals surface area contributed by atoms with E-state index in [1.165, 1.54) is 0 Å². The van der Waals surface area contributed by atoms with E-state index in [4.69, 9.17) is 5.11 Å². The van der Waals surface area contributed by atoms with Gasteiger partial charge >= 0.3 is 12.3 Å². The van der Waals surface area contributed by atoms with E-state index in [2.05, 4.69) is 10.2 Å². The zero-order chi connectivity index (χ0) is 21.9. The summed E-state index contributed by atoms with van der Waals surface area (Å²) in [6.07, 6.45) is -2.03. The Labute approximate surface area is 174 Å². The molecule has 2 fully saturated rings. The number of fused-ring (bicyclic) bond motifs is 1. The molecule has 0 radical (unpaired) electrons. The van der Waals surface area contributed by atoms with Crippen molar-refractivity contribution in [1.29, 1.82) is 0 Å². The highest BCUT2D eigenvalue weighted by atomic mass is 19.4. The molecule has 0 aromatic heterocycles. The Morgan fingerprint density at radius 1 is 1.27 bits per heavy atom. The SMILES string of the molecule is CC(CCCN[C@H]1CC[C@@H]2CN(Cc3ccc(C(F)(F)F)cc3)CC21)N(O)C(=O)O. The number of amides is 1. The highest BCUT2D eigenvalue weighted by Crippen LogP contribution is 2.39. The lowest BCUT2D eigenvalue weighted by Crippen LogP contribution is -2.38. The first kappa shape index (κ1) is 22.8. The van der Waals surface area contributed by atoms with E-state index in [0.29, 0.717) is 35.9 Å². The number of carbonyl (C=O) groups is 1. The van der Waals surface area contributed by atoms with Gasteiger partial charge < -0.3 is 10.4 Å². The van der Waals surface area contributed by atoms with Crippen LogP contribution in [0.25, 0.3) is 0 Å². The molecular formula is C21H30F3N3O3. The molecule has 1 aliphatic heterocycles. The summed E-state index contributed by atoms with van der Waals surface area (Å²) in [4.78, 5) is 13.1. The van der Waals surface area contributed by atoms with Crippen molar-refractivity contribution in [2.45, 2.75) is 57.4 Å². The Bertz CT molecular complexity index is 714. The molecule has 1 saturated carbocycles. The molecule has 2 aliphatic rings. The van der Waals surface area contributed by atoms with Crippen LogP contribution < -0.4 is 5.32 Å². The maximum absolute atomic E-state index is 12.7. The molecule has 1 aromatic carbocycles. The Morgan fingerprint density at radius 2 is 1.97 bits per heavy atom. The number of hydrogen-bond donors (Lipinski definition) is 3. The minimum absolute atomic E-state index is 0.349. The van der Waals surface area contributed by atoms with Gasteiger partial charge in [-0.05, 0) is 68.7 Å². The topological polar surface area (TPSA) is 76.0 Å². The van der Waals surface area contributed by atoms with Gasteiger partial charge in [0.05, 0.1) is 11.6 Å². The number of halogens is 3. The normalized spacial score (nSPS) is 25.3. The van der Waals surface area contributed by atoms with E-state index < -0.39 is 23.9 Å². The van der Waals surface area contributed by atoms with Crippen LogP contribution >= 0.6 is 0 Å². The quantitative estimate of drug-likeness (QED) is 0.330. The molecule has 4 atom stereocenters. The van der Waals surface area contributed by atoms with Crippen molar-refractivity contribution in [3.05, 3.63) is 35.4 Å². The van der Waals surface area contributed by atoms with Crippen molar-refractivity contribution in [2.75, 3.05) is 19.6 Å². The number of benzene rings is 1. The minimum atomic E-state index is -4.30. The fraction of sp³-hybridized carbons (Fsp3) is 0.667. The monoisotopic (exact) mass is 429 g/mol. The summed E-state index contributed by atoms with van der Waals surface area (Å²) in [5.74, 6) is 1.14. The number of alkyl halides is 3. The van der Waals surface area contributed by atoms with E-state index >= 15 is 0 Å². The maximum Gasteiger partial charge on any atom is 0.431 e. The van der Waals surface area contributed by atoms with Crippen molar-refractivity contribution in [3.63, 3.8) is 0 Å². The van der Waals surface area contributed by atoms with E-state index in [9.17, 15) is 23.2 Å². The second kappa shape index (κ2) is 9.53. The standard InChI is InChI=1S/C21H30F3N3O3/c1-14(27(30)20(28)29)3-2-10-25-19-9-6-16-12-26(13-18(16)19)11-15-4-7-17(8-5-15)21(22,23)24/h4-5,7-8,14,16,18-19,25,30H,2-3,6,9-13H2,1H3,(H,28,29)/t14?,16-,18?,19+/m1/s1. The summed E-state index contributed by atoms with van der Waals surface area (Å²) in [7, 11) is 0. The molecule has 1 heterocycles. The first-order chi connectivity index (χ1) is 14.1. The first-order valence-electron chi connectivity index (χ1n) is 10.5. The van der Waals surface area contributed by atoms with Gasteiger partial charge in [0.1, 0.15) is 0 Å². The largest absolute Gasteiger partial charge is 0.463 e. The lowest BCUT2D eigenvalue weighted by atomic mass is 9.97. The number of rotatable bonds is 8. The fourth-order valence-electron chi connectivity index (χ4n) is 4.79. The van der Waals surface area contributed by atoms with Gasteiger partial charge in [-0.1, -0.05) is 12.1 Å². The minimum Gasteiger partial charge on any atom is -0.463 e. The molecule has 0 bridgehead atoms. The van der Waals surface area contributed by atoms with Gasteiger partial charge in [0.2, 0.25) is 0 Å². The Kier molecular flexibility index (Phi) is 7.26. The lowest BCUT2D eigenvalue weighted by Gasteiger charge is -2.23. The molecule has 1 aliphatic carbocycles. The molecule has 3 N–H and O–H groups in total. The number of hydrogen-bond acceptors (Lipinski definition) is 4. The Balaban J connectivity index is 1.42. The van der Waals surface area contributed by atoms with Crippen LogP contribution in [-0.4, -0.2) is 58.1 Å². The highest BCUT2D eigenvalue weighted by molar-refractivity contribution is 5.63. The molecule has 2 unspecified atom stereocenters. The van der Waals surface area contributed by atoms with Crippen LogP contribution in [0.15, 0.2) is 24.3 Å². The number of nitrogens with zero attached hydrogens (tertiary/aromatic N) is 2. The zero-order valence-corrected chi connectivity index (χ0v) is 17.1. The van der Waals surface area contributed by atoms with Crippen LogP contribution in [0, 0.1) is 11.8 Å². The summed E-state index contributed by atoms with van der Waals surface area (Å²) in [6.45, 7) is 5.01. The molecule has 3 rings (SSSR count). The van der Waals surface area contributed by atoms with Crippen LogP contribution in [0.3, 0.4) is 0 Å². The van der Waals surface area contributed by atoms with Gasteiger partial charge in [-0.25, -0.2) is 4.79 Å². The third-order valence-corrected chi connectivity index (χ3v) is 6.44. The molecule has 168 valence electrons. The van der Waals surface area contributed by atoms with E-state index in [-0.39, 0.29) is 0 Å². The van der Waals surface area contributed by atoms with Gasteiger partial charge in [0.25, 0.3) is 0 Å². The average molecular weight is 429 g/mol. The second-order valence-electron chi connectivity index (χ2n) is 8.57. The fourth-order valence-corrected chi connectivity index (χ4v) is 4.79. The van der Waals surface area contributed by atoms with Crippen molar-refractivity contribution in [3.8, 4) is 0 Å². The zero-order valence-electron chi connectivity index (χ0n) is 17.1. The van der Waals surface area contributed by atoms with Gasteiger partial charge in [-0.2, -0.15) is 18.2 Å². The highest BCUT2D eigenvalue weighted by Gasteiger charge is 2.42. The van der Waals surface area contributed by atoms with Crippen molar-refractivity contribution in [1.82, 2.24) is 15.3 Å². The van der Waals surface area contributed by atoms with Crippen LogP contribution in [0.2, 0.25) is 0 Å². The Morgan fingerprint density at radius 3 is 2.60 bits per heavy atom. The molecule has 1 amide bonds. The maximum atomic E-state index is 12.7. The third kappa shape index (κ3) is 5.65. The predicted molar refractivity (Wildman–Crippen MR) is 105 cm³/mol. The summed E-state index contributed by atoms with van der Waals surface area (Å²) in [5, 5.41) is 22.1. The number of hydroxylamine groups is 2. The van der Waals surface area contributed by atoms with Crippen LogP contribution in [-0.2, 0) is 12.7 Å². The summed E-state index contributed by atoms with van der Waals surface area (Å²) in [6, 6.07) is 5.40. The first-order valence-corrected chi connectivity index (χ1v) is 10.5. The van der Waals surface area contributed by atoms with Gasteiger partial charge in [-0.15, -0.1) is 0 Å². The van der Waals surface area contributed by atoms with Gasteiger partial charge in [0.15, 0.2) is 0 Å². The van der Waals surface area contributed by atoms with Crippen molar-refractivity contribution < 1.29 is 28.3 Å². The van der Waals surface area contributed by atoms with Crippen LogP contribution in [0.1, 0.15) is 43.7 Å². The summed E-state index contributed by atoms with van der Waals surface area (Å²) in [5.41, 5.74) is 0.282. The van der Waals surface area contributed by atoms with Crippen molar-refractivity contribution >= 4 is 6.09 Å². The smallest absolute Gasteiger partial charge is 0.431 e. The number of nitrogens with one attached hydrogen (secondary N) is 1. The van der Waals surface area contributed by atoms with Crippen LogP contribution in [0.5, 0.6) is 0 Å². The summed E-state index contributed by atoms with van der Waals surface area (Å²) >= 11 is 0. The van der Waals surface area contributed by atoms with Gasteiger partial charge in [0, 0.05) is 25.7 Å². The van der Waals surface area contributed by atoms with E-state index in [1.54, 1.807) is 19.1 Å². The molecule has 30 heavy (non-hydrogen) atoms. The number of likely N-dealkylation sites (tertiary alicyclic amines) is 1. The molecule has 1 aromatic rings. The number of carboxylic acid groups (broad SMARTS) is 1. The van der Waals surface area contributed by atoms with Gasteiger partial charge in [-0.3, -0.25) is 10.1 Å². The van der Waals surface area contributed by atoms with E-state index in [0.717, 1.165) is 56.6 Å². The second-order valence-corrected chi connectivity index (χ2v) is 8.57. The molecule has 9 heteroatoms. The molecule has 0 spiro atoms. The lowest BCUT2D eigenvalue weighted by molar-refractivity contribution is -0.137. The molecule has 6 nitrogen and oxygen atoms in total. The molecule has 1 saturated heterocycles. The Hall–Kier alpha value is -1.84. The predicted octanol–water partition coefficient (Wildman–Crippen LogP) is 4.04.